The van der Waals surface area contributed by atoms with Crippen molar-refractivity contribution in [2.24, 2.45) is 0 Å². The molecular formula is C16H22N6O2. The van der Waals surface area contributed by atoms with E-state index in [1.54, 1.807) is 13.0 Å². The standard InChI is InChI=1S/C16H22N6O2/c1-12-20-15(17)22-16(21-12)19-9-11-24-10-8-18-14(23)13-6-4-2-3-5-7-13/h2,4-7H,3,8-11H2,1H3,(H,18,23)(H3,17,19,20,21,22). The van der Waals surface area contributed by atoms with Gasteiger partial charge in [0.25, 0.3) is 5.91 Å². The normalized spacial score (nSPS) is 13.3. The maximum Gasteiger partial charge on any atom is 0.251 e. The van der Waals surface area contributed by atoms with Crippen molar-refractivity contribution in [2.75, 3.05) is 37.4 Å². The van der Waals surface area contributed by atoms with E-state index in [9.17, 15) is 4.79 Å². The van der Waals surface area contributed by atoms with Gasteiger partial charge in [0.05, 0.1) is 13.2 Å². The van der Waals surface area contributed by atoms with Gasteiger partial charge in [-0.1, -0.05) is 24.3 Å². The van der Waals surface area contributed by atoms with Crippen LogP contribution >= 0.6 is 0 Å². The second-order valence-electron chi connectivity index (χ2n) is 5.05. The molecule has 1 aliphatic rings. The monoisotopic (exact) mass is 330 g/mol. The van der Waals surface area contributed by atoms with E-state index in [1.807, 2.05) is 24.3 Å². The minimum atomic E-state index is -0.101. The van der Waals surface area contributed by atoms with Gasteiger partial charge < -0.3 is 21.1 Å². The quantitative estimate of drug-likeness (QED) is 0.602. The first-order valence-corrected chi connectivity index (χ1v) is 7.76. The van der Waals surface area contributed by atoms with Gasteiger partial charge in [0.2, 0.25) is 11.9 Å². The Balaban J connectivity index is 1.57. The first-order chi connectivity index (χ1) is 11.6. The predicted molar refractivity (Wildman–Crippen MR) is 92.3 cm³/mol. The molecule has 0 saturated carbocycles. The maximum absolute atomic E-state index is 11.9. The molecule has 4 N–H and O–H groups in total. The number of anilines is 2. The van der Waals surface area contributed by atoms with E-state index < -0.39 is 0 Å². The first kappa shape index (κ1) is 17.6. The summed E-state index contributed by atoms with van der Waals surface area (Å²) in [7, 11) is 0. The van der Waals surface area contributed by atoms with Crippen molar-refractivity contribution in [2.45, 2.75) is 13.3 Å². The fourth-order valence-electron chi connectivity index (χ4n) is 1.99. The van der Waals surface area contributed by atoms with E-state index >= 15 is 0 Å². The summed E-state index contributed by atoms with van der Waals surface area (Å²) in [5.74, 6) is 1.07. The van der Waals surface area contributed by atoms with Crippen molar-refractivity contribution in [1.82, 2.24) is 20.3 Å². The third-order valence-electron chi connectivity index (χ3n) is 3.07. The lowest BCUT2D eigenvalue weighted by Crippen LogP contribution is -2.28. The number of ether oxygens (including phenoxy) is 1. The van der Waals surface area contributed by atoms with Crippen LogP contribution in [0.15, 0.2) is 36.0 Å². The van der Waals surface area contributed by atoms with Crippen molar-refractivity contribution >= 4 is 17.8 Å². The van der Waals surface area contributed by atoms with Crippen LogP contribution in [0.1, 0.15) is 12.2 Å². The number of nitrogens with zero attached hydrogens (tertiary/aromatic N) is 3. The van der Waals surface area contributed by atoms with Crippen molar-refractivity contribution in [3.8, 4) is 0 Å². The Bertz CT molecular complexity index is 634. The molecule has 2 rings (SSSR count). The Morgan fingerprint density at radius 2 is 2.08 bits per heavy atom. The molecule has 1 aromatic rings. The van der Waals surface area contributed by atoms with E-state index in [1.165, 1.54) is 0 Å². The zero-order chi connectivity index (χ0) is 17.2. The van der Waals surface area contributed by atoms with E-state index in [4.69, 9.17) is 10.5 Å². The third-order valence-corrected chi connectivity index (χ3v) is 3.07. The van der Waals surface area contributed by atoms with Crippen LogP contribution in [0.3, 0.4) is 0 Å². The highest BCUT2D eigenvalue weighted by Gasteiger charge is 2.05. The Labute approximate surface area is 140 Å². The molecule has 0 fully saturated rings. The van der Waals surface area contributed by atoms with Gasteiger partial charge in [-0.25, -0.2) is 0 Å². The number of nitrogens with two attached hydrogens (primary N) is 1. The van der Waals surface area contributed by atoms with Crippen molar-refractivity contribution < 1.29 is 9.53 Å². The number of aromatic nitrogens is 3. The Hall–Kier alpha value is -2.74. The van der Waals surface area contributed by atoms with Crippen LogP contribution in [-0.4, -0.2) is 47.2 Å². The summed E-state index contributed by atoms with van der Waals surface area (Å²) < 4.78 is 5.45. The molecule has 0 aromatic carbocycles. The van der Waals surface area contributed by atoms with E-state index in [0.29, 0.717) is 43.6 Å². The molecule has 0 unspecified atom stereocenters. The summed E-state index contributed by atoms with van der Waals surface area (Å²) in [5, 5.41) is 5.82. The number of rotatable bonds is 8. The number of nitrogen functional groups attached to an aromatic ring is 1. The highest BCUT2D eigenvalue weighted by molar-refractivity contribution is 5.96. The Kier molecular flexibility index (Phi) is 6.91. The molecule has 0 spiro atoms. The summed E-state index contributed by atoms with van der Waals surface area (Å²) in [6.45, 7) is 3.63. The third kappa shape index (κ3) is 6.17. The topological polar surface area (TPSA) is 115 Å². The number of nitrogens with one attached hydrogen (secondary N) is 2. The lowest BCUT2D eigenvalue weighted by molar-refractivity contribution is -0.117. The number of hydrogen-bond acceptors (Lipinski definition) is 7. The molecule has 0 radical (unpaired) electrons. The van der Waals surface area contributed by atoms with E-state index in [0.717, 1.165) is 6.42 Å². The average molecular weight is 330 g/mol. The van der Waals surface area contributed by atoms with E-state index in [2.05, 4.69) is 25.6 Å². The molecule has 8 heteroatoms. The minimum absolute atomic E-state index is 0.101. The summed E-state index contributed by atoms with van der Waals surface area (Å²) in [4.78, 5) is 23.9. The zero-order valence-corrected chi connectivity index (χ0v) is 13.7. The number of carbonyl (C=O) groups excluding carboxylic acids is 1. The van der Waals surface area contributed by atoms with Crippen molar-refractivity contribution in [3.05, 3.63) is 41.8 Å². The first-order valence-electron chi connectivity index (χ1n) is 7.76. The molecule has 0 bridgehead atoms. The summed E-state index contributed by atoms with van der Waals surface area (Å²) in [6.07, 6.45) is 10.3. The van der Waals surface area contributed by atoms with Crippen LogP contribution < -0.4 is 16.4 Å². The maximum atomic E-state index is 11.9. The molecule has 1 aromatic heterocycles. The molecule has 1 heterocycles. The zero-order valence-electron chi connectivity index (χ0n) is 13.7. The second-order valence-corrected chi connectivity index (χ2v) is 5.05. The van der Waals surface area contributed by atoms with Gasteiger partial charge in [-0.15, -0.1) is 0 Å². The average Bonchev–Trinajstić information content (AvgIpc) is 2.82. The van der Waals surface area contributed by atoms with Crippen molar-refractivity contribution in [1.29, 1.82) is 0 Å². The fourth-order valence-corrected chi connectivity index (χ4v) is 1.99. The number of aryl methyl sites for hydroxylation is 1. The van der Waals surface area contributed by atoms with Gasteiger partial charge in [-0.3, -0.25) is 4.79 Å². The molecular weight excluding hydrogens is 308 g/mol. The Morgan fingerprint density at radius 1 is 1.25 bits per heavy atom. The van der Waals surface area contributed by atoms with Crippen LogP contribution in [-0.2, 0) is 9.53 Å². The lowest BCUT2D eigenvalue weighted by Gasteiger charge is -2.08. The summed E-state index contributed by atoms with van der Waals surface area (Å²) in [6, 6.07) is 0. The van der Waals surface area contributed by atoms with Gasteiger partial charge in [-0.05, 0) is 19.4 Å². The summed E-state index contributed by atoms with van der Waals surface area (Å²) >= 11 is 0. The molecule has 1 aliphatic carbocycles. The van der Waals surface area contributed by atoms with Crippen molar-refractivity contribution in [3.63, 3.8) is 0 Å². The minimum Gasteiger partial charge on any atom is -0.378 e. The van der Waals surface area contributed by atoms with Crippen LogP contribution in [0.4, 0.5) is 11.9 Å². The van der Waals surface area contributed by atoms with Gasteiger partial charge in [-0.2, -0.15) is 15.0 Å². The molecule has 1 amide bonds. The molecule has 0 saturated heterocycles. The largest absolute Gasteiger partial charge is 0.378 e. The van der Waals surface area contributed by atoms with Crippen LogP contribution in [0.2, 0.25) is 0 Å². The highest BCUT2D eigenvalue weighted by Crippen LogP contribution is 2.04. The second kappa shape index (κ2) is 9.41. The van der Waals surface area contributed by atoms with Crippen LogP contribution in [0, 0.1) is 6.92 Å². The summed E-state index contributed by atoms with van der Waals surface area (Å²) in [5.41, 5.74) is 6.19. The van der Waals surface area contributed by atoms with Gasteiger partial charge in [0, 0.05) is 18.7 Å². The molecule has 128 valence electrons. The molecule has 0 atom stereocenters. The van der Waals surface area contributed by atoms with E-state index in [-0.39, 0.29) is 11.9 Å². The fraction of sp³-hybridized carbons (Fsp3) is 0.375. The number of hydrogen-bond donors (Lipinski definition) is 3. The molecule has 8 nitrogen and oxygen atoms in total. The predicted octanol–water partition coefficient (Wildman–Crippen LogP) is 0.749. The Morgan fingerprint density at radius 3 is 2.92 bits per heavy atom. The lowest BCUT2D eigenvalue weighted by atomic mass is 10.2. The van der Waals surface area contributed by atoms with Crippen LogP contribution in [0.25, 0.3) is 0 Å². The van der Waals surface area contributed by atoms with Gasteiger partial charge in [0.15, 0.2) is 0 Å². The smallest absolute Gasteiger partial charge is 0.251 e. The van der Waals surface area contributed by atoms with Gasteiger partial charge >= 0.3 is 0 Å². The van der Waals surface area contributed by atoms with Gasteiger partial charge in [0.1, 0.15) is 5.82 Å². The molecule has 0 aliphatic heterocycles. The van der Waals surface area contributed by atoms with Crippen LogP contribution in [0.5, 0.6) is 0 Å². The number of amides is 1. The number of carbonyl (C=O) groups is 1. The SMILES string of the molecule is Cc1nc(N)nc(NCCOCCNC(=O)C2=CC=CCC=C2)n1. The number of allylic oxidation sites excluding steroid dienone is 4. The molecule has 24 heavy (non-hydrogen) atoms. The highest BCUT2D eigenvalue weighted by atomic mass is 16.5.